The van der Waals surface area contributed by atoms with E-state index in [2.05, 4.69) is 41.5 Å². The topological polar surface area (TPSA) is 60.0 Å². The van der Waals surface area contributed by atoms with Crippen LogP contribution in [0.3, 0.4) is 0 Å². The van der Waals surface area contributed by atoms with Gasteiger partial charge in [-0.1, -0.05) is 0 Å². The third kappa shape index (κ3) is 7.02. The lowest BCUT2D eigenvalue weighted by Gasteiger charge is -2.38. The van der Waals surface area contributed by atoms with Crippen LogP contribution >= 0.6 is 0 Å². The number of hydrogen-bond acceptors (Lipinski definition) is 2. The van der Waals surface area contributed by atoms with Crippen molar-refractivity contribution < 1.29 is 19.9 Å². The zero-order valence-corrected chi connectivity index (χ0v) is 14.9. The highest BCUT2D eigenvalue weighted by Crippen LogP contribution is 2.12. The van der Waals surface area contributed by atoms with E-state index in [0.717, 1.165) is 0 Å². The minimum Gasteiger partial charge on any atom is -0.870 e. The van der Waals surface area contributed by atoms with Gasteiger partial charge in [0.15, 0.2) is 0 Å². The van der Waals surface area contributed by atoms with Gasteiger partial charge in [-0.05, 0) is 41.5 Å². The van der Waals surface area contributed by atoms with Crippen LogP contribution in [0.25, 0.3) is 0 Å². The molecule has 0 aliphatic carbocycles. The first-order valence-corrected chi connectivity index (χ1v) is 8.27. The van der Waals surface area contributed by atoms with Gasteiger partial charge in [-0.3, -0.25) is 0 Å². The standard InChI is InChI=1S/C16H38N2.2H2O/c1-7-17(8-2,9-3)15-13-14-16-18(10-4,11-5)12-6;;/h7-16H2,1-6H3;2*1H2/q+2;;/p-2. The molecular weight excluding hydrogens is 252 g/mol. The average molecular weight is 293 g/mol. The zero-order valence-electron chi connectivity index (χ0n) is 14.9. The van der Waals surface area contributed by atoms with E-state index in [0.29, 0.717) is 0 Å². The maximum atomic E-state index is 2.34. The Labute approximate surface area is 127 Å². The van der Waals surface area contributed by atoms with Crippen LogP contribution in [0, 0.1) is 0 Å². The fourth-order valence-corrected chi connectivity index (χ4v) is 3.18. The van der Waals surface area contributed by atoms with Crippen molar-refractivity contribution in [3.8, 4) is 0 Å². The molecule has 4 heteroatoms. The van der Waals surface area contributed by atoms with E-state index in [4.69, 9.17) is 0 Å². The van der Waals surface area contributed by atoms with E-state index in [9.17, 15) is 0 Å². The van der Waals surface area contributed by atoms with Gasteiger partial charge in [0, 0.05) is 12.8 Å². The molecule has 0 heterocycles. The number of unbranched alkanes of at least 4 members (excludes halogenated alkanes) is 1. The van der Waals surface area contributed by atoms with Crippen LogP contribution in [0.1, 0.15) is 54.4 Å². The molecule has 4 nitrogen and oxygen atoms in total. The molecule has 0 spiro atoms. The van der Waals surface area contributed by atoms with Crippen LogP contribution in [-0.4, -0.2) is 72.3 Å². The molecule has 20 heavy (non-hydrogen) atoms. The second-order valence-corrected chi connectivity index (χ2v) is 5.73. The molecule has 2 N–H and O–H groups in total. The van der Waals surface area contributed by atoms with Crippen LogP contribution in [0.15, 0.2) is 0 Å². The van der Waals surface area contributed by atoms with Gasteiger partial charge in [-0.15, -0.1) is 0 Å². The summed E-state index contributed by atoms with van der Waals surface area (Å²) in [6, 6.07) is 0. The summed E-state index contributed by atoms with van der Waals surface area (Å²) in [5, 5.41) is 0. The summed E-state index contributed by atoms with van der Waals surface area (Å²) in [6.07, 6.45) is 2.80. The molecule has 0 aromatic carbocycles. The molecule has 0 aliphatic rings. The Bertz CT molecular complexity index is 164. The zero-order chi connectivity index (χ0) is 14.1. The summed E-state index contributed by atoms with van der Waals surface area (Å²) in [5.74, 6) is 0. The largest absolute Gasteiger partial charge is 0.870 e. The van der Waals surface area contributed by atoms with Crippen molar-refractivity contribution in [3.63, 3.8) is 0 Å². The summed E-state index contributed by atoms with van der Waals surface area (Å²) < 4.78 is 2.62. The third-order valence-electron chi connectivity index (χ3n) is 5.54. The van der Waals surface area contributed by atoms with Crippen molar-refractivity contribution in [1.82, 2.24) is 0 Å². The first kappa shape index (κ1) is 24.8. The lowest BCUT2D eigenvalue weighted by Crippen LogP contribution is -2.50. The number of rotatable bonds is 11. The summed E-state index contributed by atoms with van der Waals surface area (Å²) >= 11 is 0. The Balaban J connectivity index is -0.00000144. The molecule has 0 atom stereocenters. The Morgan fingerprint density at radius 3 is 0.800 bits per heavy atom. The first-order chi connectivity index (χ1) is 8.57. The van der Waals surface area contributed by atoms with Gasteiger partial charge in [-0.2, -0.15) is 0 Å². The average Bonchev–Trinajstić information content (AvgIpc) is 2.45. The third-order valence-corrected chi connectivity index (χ3v) is 5.54. The molecule has 0 fully saturated rings. The summed E-state index contributed by atoms with van der Waals surface area (Å²) in [7, 11) is 0. The predicted molar refractivity (Wildman–Crippen MR) is 86.6 cm³/mol. The Hall–Kier alpha value is -0.160. The van der Waals surface area contributed by atoms with Gasteiger partial charge < -0.3 is 19.9 Å². The Morgan fingerprint density at radius 2 is 0.650 bits per heavy atom. The highest BCUT2D eigenvalue weighted by atomic mass is 16.0. The minimum atomic E-state index is 0. The smallest absolute Gasteiger partial charge is 0.0788 e. The van der Waals surface area contributed by atoms with Gasteiger partial charge >= 0.3 is 0 Å². The minimum absolute atomic E-state index is 0. The maximum absolute atomic E-state index is 2.34. The Morgan fingerprint density at radius 1 is 0.450 bits per heavy atom. The molecular formula is C16H40N2O2. The van der Waals surface area contributed by atoms with Crippen molar-refractivity contribution in [3.05, 3.63) is 0 Å². The highest BCUT2D eigenvalue weighted by Gasteiger charge is 2.23. The van der Waals surface area contributed by atoms with E-state index in [-0.39, 0.29) is 11.0 Å². The van der Waals surface area contributed by atoms with E-state index in [1.807, 2.05) is 0 Å². The van der Waals surface area contributed by atoms with Gasteiger partial charge in [0.1, 0.15) is 0 Å². The molecule has 0 aromatic heterocycles. The van der Waals surface area contributed by atoms with Gasteiger partial charge in [0.05, 0.1) is 52.4 Å². The molecule has 0 saturated carbocycles. The molecule has 0 aliphatic heterocycles. The van der Waals surface area contributed by atoms with E-state index in [1.165, 1.54) is 74.2 Å². The van der Waals surface area contributed by atoms with Crippen molar-refractivity contribution in [2.45, 2.75) is 54.4 Å². The van der Waals surface area contributed by atoms with Crippen LogP contribution in [0.4, 0.5) is 0 Å². The van der Waals surface area contributed by atoms with Crippen LogP contribution < -0.4 is 0 Å². The van der Waals surface area contributed by atoms with E-state index < -0.39 is 0 Å². The second-order valence-electron chi connectivity index (χ2n) is 5.73. The van der Waals surface area contributed by atoms with Crippen LogP contribution in [0.5, 0.6) is 0 Å². The molecule has 0 saturated heterocycles. The number of hydrogen-bond donors (Lipinski definition) is 0. The van der Waals surface area contributed by atoms with Crippen LogP contribution in [-0.2, 0) is 0 Å². The molecule has 126 valence electrons. The summed E-state index contributed by atoms with van der Waals surface area (Å²) in [4.78, 5) is 0. The first-order valence-electron chi connectivity index (χ1n) is 8.27. The van der Waals surface area contributed by atoms with Crippen molar-refractivity contribution in [1.29, 1.82) is 0 Å². The molecule has 0 radical (unpaired) electrons. The number of nitrogens with zero attached hydrogens (tertiary/aromatic N) is 2. The molecule has 0 amide bonds. The SMILES string of the molecule is CC[N+](CC)(CC)CCCC[N+](CC)(CC)CC.[OH-].[OH-]. The van der Waals surface area contributed by atoms with Crippen molar-refractivity contribution in [2.24, 2.45) is 0 Å². The molecule has 0 aromatic rings. The predicted octanol–water partition coefficient (Wildman–Crippen LogP) is 3.17. The fraction of sp³-hybridized carbons (Fsp3) is 1.00. The quantitative estimate of drug-likeness (QED) is 0.434. The van der Waals surface area contributed by atoms with E-state index >= 15 is 0 Å². The number of quaternary nitrogens is 2. The normalized spacial score (nSPS) is 11.7. The fourth-order valence-electron chi connectivity index (χ4n) is 3.18. The molecule has 0 bridgehead atoms. The van der Waals surface area contributed by atoms with Crippen molar-refractivity contribution in [2.75, 3.05) is 52.4 Å². The lowest BCUT2D eigenvalue weighted by molar-refractivity contribution is -0.929. The monoisotopic (exact) mass is 292 g/mol. The summed E-state index contributed by atoms with van der Waals surface area (Å²) in [5.41, 5.74) is 0. The molecule has 0 rings (SSSR count). The Kier molecular flexibility index (Phi) is 15.6. The van der Waals surface area contributed by atoms with E-state index in [1.54, 1.807) is 0 Å². The highest BCUT2D eigenvalue weighted by molar-refractivity contribution is 4.45. The van der Waals surface area contributed by atoms with Gasteiger partial charge in [-0.25, -0.2) is 0 Å². The molecule has 0 unspecified atom stereocenters. The van der Waals surface area contributed by atoms with Gasteiger partial charge in [0.25, 0.3) is 0 Å². The summed E-state index contributed by atoms with van der Waals surface area (Å²) in [6.45, 7) is 24.6. The maximum Gasteiger partial charge on any atom is 0.0788 e. The lowest BCUT2D eigenvalue weighted by atomic mass is 10.2. The van der Waals surface area contributed by atoms with Crippen LogP contribution in [0.2, 0.25) is 0 Å². The van der Waals surface area contributed by atoms with Crippen molar-refractivity contribution >= 4 is 0 Å². The van der Waals surface area contributed by atoms with Gasteiger partial charge in [0.2, 0.25) is 0 Å². The second kappa shape index (κ2) is 12.6.